The van der Waals surface area contributed by atoms with Crippen molar-refractivity contribution in [3.05, 3.63) is 90.0 Å². The minimum absolute atomic E-state index is 0.438. The van der Waals surface area contributed by atoms with Crippen molar-refractivity contribution >= 4 is 5.69 Å². The van der Waals surface area contributed by atoms with Crippen LogP contribution in [0.25, 0.3) is 0 Å². The first-order chi connectivity index (χ1) is 12.8. The predicted octanol–water partition coefficient (Wildman–Crippen LogP) is 4.95. The molecule has 1 N–H and O–H groups in total. The van der Waals surface area contributed by atoms with Crippen molar-refractivity contribution < 1.29 is 9.47 Å². The van der Waals surface area contributed by atoms with Crippen LogP contribution < -0.4 is 14.8 Å². The fourth-order valence-electron chi connectivity index (χ4n) is 2.54. The van der Waals surface area contributed by atoms with E-state index in [2.05, 4.69) is 11.4 Å². The summed E-state index contributed by atoms with van der Waals surface area (Å²) in [4.78, 5) is 0. The standard InChI is InChI=1S/C22H20N2O2/c1-25-20-13-9-19(10-14-20)24-22(15-23)18-7-11-21(12-8-18)26-16-17-5-3-2-4-6-17/h2-14,22,24H,16H2,1H3/t22-/m1/s1. The second-order valence-corrected chi connectivity index (χ2v) is 5.78. The van der Waals surface area contributed by atoms with Crippen molar-refractivity contribution in [2.45, 2.75) is 12.6 Å². The van der Waals surface area contributed by atoms with Crippen LogP contribution in [0.3, 0.4) is 0 Å². The van der Waals surface area contributed by atoms with Crippen LogP contribution in [0.1, 0.15) is 17.2 Å². The highest BCUT2D eigenvalue weighted by Crippen LogP contribution is 2.23. The molecule has 3 aromatic carbocycles. The molecule has 0 amide bonds. The molecule has 0 saturated heterocycles. The molecule has 0 bridgehead atoms. The molecule has 0 radical (unpaired) electrons. The Morgan fingerprint density at radius 3 is 2.15 bits per heavy atom. The summed E-state index contributed by atoms with van der Waals surface area (Å²) in [6.45, 7) is 0.520. The van der Waals surface area contributed by atoms with Crippen LogP contribution >= 0.6 is 0 Å². The van der Waals surface area contributed by atoms with Gasteiger partial charge in [0.15, 0.2) is 0 Å². The van der Waals surface area contributed by atoms with Gasteiger partial charge in [-0.2, -0.15) is 5.26 Å². The quantitative estimate of drug-likeness (QED) is 0.659. The zero-order valence-corrected chi connectivity index (χ0v) is 14.6. The molecule has 4 nitrogen and oxygen atoms in total. The number of nitriles is 1. The van der Waals surface area contributed by atoms with Gasteiger partial charge in [0.1, 0.15) is 24.1 Å². The van der Waals surface area contributed by atoms with E-state index in [1.165, 1.54) is 0 Å². The predicted molar refractivity (Wildman–Crippen MR) is 102 cm³/mol. The number of nitrogens with zero attached hydrogens (tertiary/aromatic N) is 1. The van der Waals surface area contributed by atoms with Gasteiger partial charge in [0.2, 0.25) is 0 Å². The summed E-state index contributed by atoms with van der Waals surface area (Å²) in [6.07, 6.45) is 0. The molecular weight excluding hydrogens is 324 g/mol. The lowest BCUT2D eigenvalue weighted by Gasteiger charge is -2.14. The van der Waals surface area contributed by atoms with Crippen molar-refractivity contribution in [3.63, 3.8) is 0 Å². The molecule has 4 heteroatoms. The Hall–Kier alpha value is -3.45. The summed E-state index contributed by atoms with van der Waals surface area (Å²) in [7, 11) is 1.63. The molecule has 0 saturated carbocycles. The van der Waals surface area contributed by atoms with E-state index in [1.54, 1.807) is 7.11 Å². The molecule has 1 atom stereocenters. The van der Waals surface area contributed by atoms with E-state index in [9.17, 15) is 5.26 Å². The lowest BCUT2D eigenvalue weighted by Crippen LogP contribution is -2.08. The molecule has 0 aliphatic rings. The average Bonchev–Trinajstić information content (AvgIpc) is 2.72. The van der Waals surface area contributed by atoms with Crippen LogP contribution in [0.2, 0.25) is 0 Å². The lowest BCUT2D eigenvalue weighted by atomic mass is 10.1. The molecule has 130 valence electrons. The summed E-state index contributed by atoms with van der Waals surface area (Å²) in [6, 6.07) is 27.0. The molecule has 0 aliphatic carbocycles. The Morgan fingerprint density at radius 2 is 1.54 bits per heavy atom. The number of hydrogen-bond acceptors (Lipinski definition) is 4. The molecule has 26 heavy (non-hydrogen) atoms. The lowest BCUT2D eigenvalue weighted by molar-refractivity contribution is 0.306. The third-order valence-electron chi connectivity index (χ3n) is 3.99. The zero-order chi connectivity index (χ0) is 18.2. The Morgan fingerprint density at radius 1 is 0.885 bits per heavy atom. The Balaban J connectivity index is 1.62. The van der Waals surface area contributed by atoms with E-state index in [-0.39, 0.29) is 0 Å². The maximum Gasteiger partial charge on any atom is 0.140 e. The third-order valence-corrected chi connectivity index (χ3v) is 3.99. The smallest absolute Gasteiger partial charge is 0.140 e. The number of methoxy groups -OCH3 is 1. The van der Waals surface area contributed by atoms with Crippen LogP contribution in [-0.4, -0.2) is 7.11 Å². The van der Waals surface area contributed by atoms with Crippen molar-refractivity contribution in [1.82, 2.24) is 0 Å². The minimum atomic E-state index is -0.438. The fraction of sp³-hybridized carbons (Fsp3) is 0.136. The number of ether oxygens (including phenoxy) is 2. The first kappa shape index (κ1) is 17.4. The molecule has 0 aliphatic heterocycles. The van der Waals surface area contributed by atoms with Crippen LogP contribution in [0.4, 0.5) is 5.69 Å². The van der Waals surface area contributed by atoms with Gasteiger partial charge in [-0.3, -0.25) is 0 Å². The van der Waals surface area contributed by atoms with Crippen LogP contribution in [0.15, 0.2) is 78.9 Å². The van der Waals surface area contributed by atoms with Gasteiger partial charge < -0.3 is 14.8 Å². The molecule has 3 aromatic rings. The van der Waals surface area contributed by atoms with Gasteiger partial charge in [0, 0.05) is 5.69 Å². The molecule has 0 aromatic heterocycles. The van der Waals surface area contributed by atoms with Crippen molar-refractivity contribution in [2.75, 3.05) is 12.4 Å². The topological polar surface area (TPSA) is 54.3 Å². The molecule has 0 fully saturated rings. The third kappa shape index (κ3) is 4.55. The van der Waals surface area contributed by atoms with Crippen LogP contribution in [0, 0.1) is 11.3 Å². The molecular formula is C22H20N2O2. The van der Waals surface area contributed by atoms with Gasteiger partial charge in [-0.15, -0.1) is 0 Å². The number of anilines is 1. The van der Waals surface area contributed by atoms with Gasteiger partial charge in [-0.25, -0.2) is 0 Å². The summed E-state index contributed by atoms with van der Waals surface area (Å²) in [5, 5.41) is 12.7. The van der Waals surface area contributed by atoms with E-state index < -0.39 is 6.04 Å². The Labute approximate surface area is 153 Å². The number of hydrogen-bond donors (Lipinski definition) is 1. The first-order valence-corrected chi connectivity index (χ1v) is 8.35. The summed E-state index contributed by atoms with van der Waals surface area (Å²) < 4.78 is 10.9. The monoisotopic (exact) mass is 344 g/mol. The van der Waals surface area contributed by atoms with Crippen molar-refractivity contribution in [1.29, 1.82) is 5.26 Å². The summed E-state index contributed by atoms with van der Waals surface area (Å²) in [5.41, 5.74) is 2.87. The van der Waals surface area contributed by atoms with E-state index in [0.29, 0.717) is 6.61 Å². The van der Waals surface area contributed by atoms with E-state index in [1.807, 2.05) is 78.9 Å². The Kier molecular flexibility index (Phi) is 5.74. The van der Waals surface area contributed by atoms with Crippen LogP contribution in [0.5, 0.6) is 11.5 Å². The Bertz CT molecular complexity index is 853. The van der Waals surface area contributed by atoms with Crippen molar-refractivity contribution in [2.24, 2.45) is 0 Å². The highest BCUT2D eigenvalue weighted by atomic mass is 16.5. The zero-order valence-electron chi connectivity index (χ0n) is 14.6. The van der Waals surface area contributed by atoms with Gasteiger partial charge in [-0.05, 0) is 47.5 Å². The number of nitrogens with one attached hydrogen (secondary N) is 1. The number of benzene rings is 3. The SMILES string of the molecule is COc1ccc(N[C@H](C#N)c2ccc(OCc3ccccc3)cc2)cc1. The molecule has 3 rings (SSSR count). The second-order valence-electron chi connectivity index (χ2n) is 5.78. The highest BCUT2D eigenvalue weighted by Gasteiger charge is 2.10. The number of rotatable bonds is 7. The molecule has 0 heterocycles. The highest BCUT2D eigenvalue weighted by molar-refractivity contribution is 5.50. The largest absolute Gasteiger partial charge is 0.497 e. The maximum absolute atomic E-state index is 9.49. The van der Waals surface area contributed by atoms with E-state index in [4.69, 9.17) is 9.47 Å². The van der Waals surface area contributed by atoms with Gasteiger partial charge >= 0.3 is 0 Å². The molecule has 0 unspecified atom stereocenters. The molecule has 0 spiro atoms. The van der Waals surface area contributed by atoms with E-state index >= 15 is 0 Å². The van der Waals surface area contributed by atoms with E-state index in [0.717, 1.165) is 28.3 Å². The van der Waals surface area contributed by atoms with Crippen LogP contribution in [-0.2, 0) is 6.61 Å². The summed E-state index contributed by atoms with van der Waals surface area (Å²) in [5.74, 6) is 1.56. The maximum atomic E-state index is 9.49. The minimum Gasteiger partial charge on any atom is -0.497 e. The second kappa shape index (κ2) is 8.59. The van der Waals surface area contributed by atoms with Gasteiger partial charge in [0.25, 0.3) is 0 Å². The average molecular weight is 344 g/mol. The normalized spacial score (nSPS) is 11.2. The fourth-order valence-corrected chi connectivity index (χ4v) is 2.54. The summed E-state index contributed by atoms with van der Waals surface area (Å²) >= 11 is 0. The van der Waals surface area contributed by atoms with Gasteiger partial charge in [-0.1, -0.05) is 42.5 Å². The van der Waals surface area contributed by atoms with Crippen molar-refractivity contribution in [3.8, 4) is 17.6 Å². The first-order valence-electron chi connectivity index (χ1n) is 8.35. The van der Waals surface area contributed by atoms with Gasteiger partial charge in [0.05, 0.1) is 13.2 Å².